The molecule has 0 radical (unpaired) electrons. The molecular formula is C36H60O12. The second-order valence-electron chi connectivity index (χ2n) is 13.8. The van der Waals surface area contributed by atoms with Crippen LogP contribution in [0, 0.1) is 35.5 Å². The van der Waals surface area contributed by atoms with Crippen molar-refractivity contribution in [1.82, 2.24) is 0 Å². The fourth-order valence-corrected chi connectivity index (χ4v) is 8.41. The molecule has 48 heavy (non-hydrogen) atoms. The van der Waals surface area contributed by atoms with Gasteiger partial charge in [0.05, 0.1) is 0 Å². The van der Waals surface area contributed by atoms with E-state index in [0.29, 0.717) is 77.0 Å². The van der Waals surface area contributed by atoms with Gasteiger partial charge in [-0.05, 0) is 113 Å². The van der Waals surface area contributed by atoms with Gasteiger partial charge in [-0.1, -0.05) is 38.5 Å². The summed E-state index contributed by atoms with van der Waals surface area (Å²) in [6, 6.07) is 0. The normalized spacial score (nSPS) is 22.2. The molecule has 12 heteroatoms. The Balaban J connectivity index is 3.59. The summed E-state index contributed by atoms with van der Waals surface area (Å²) < 4.78 is 0. The molecule has 0 aliphatic heterocycles. The number of aliphatic carboxylic acids is 6. The van der Waals surface area contributed by atoms with Crippen LogP contribution in [-0.2, 0) is 28.8 Å². The van der Waals surface area contributed by atoms with Gasteiger partial charge in [0.25, 0.3) is 0 Å². The molecule has 276 valence electrons. The fraction of sp³-hybridized carbons (Fsp3) is 0.833. The molecule has 0 heterocycles. The van der Waals surface area contributed by atoms with Crippen LogP contribution in [-0.4, -0.2) is 66.5 Å². The fourth-order valence-electron chi connectivity index (χ4n) is 8.41. The van der Waals surface area contributed by atoms with Gasteiger partial charge in [0, 0.05) is 38.5 Å². The zero-order valence-electron chi connectivity index (χ0n) is 28.6. The van der Waals surface area contributed by atoms with E-state index >= 15 is 0 Å². The highest BCUT2D eigenvalue weighted by atomic mass is 16.4. The summed E-state index contributed by atoms with van der Waals surface area (Å²) in [6.07, 6.45) is 12.4. The molecule has 0 aromatic heterocycles. The Bertz CT molecular complexity index is 782. The van der Waals surface area contributed by atoms with E-state index in [1.165, 1.54) is 0 Å². The lowest BCUT2D eigenvalue weighted by molar-refractivity contribution is -0.138. The molecule has 1 aliphatic rings. The SMILES string of the molecule is O=C(O)CCCCC1C(CCCCC(=O)O)C(CCCCC(=O)O)C(CCCCC(=O)O)C(CCCCC(=O)O)C1CCCCC(=O)O. The monoisotopic (exact) mass is 684 g/mol. The van der Waals surface area contributed by atoms with Gasteiger partial charge in [-0.2, -0.15) is 0 Å². The highest BCUT2D eigenvalue weighted by Gasteiger charge is 2.48. The van der Waals surface area contributed by atoms with Crippen molar-refractivity contribution in [1.29, 1.82) is 0 Å². The second kappa shape index (κ2) is 24.9. The number of carbonyl (C=O) groups is 6. The molecule has 6 N–H and O–H groups in total. The van der Waals surface area contributed by atoms with E-state index in [0.717, 1.165) is 38.5 Å². The van der Waals surface area contributed by atoms with Crippen LogP contribution in [0.1, 0.15) is 154 Å². The highest BCUT2D eigenvalue weighted by Crippen LogP contribution is 2.55. The van der Waals surface area contributed by atoms with Crippen LogP contribution in [0.15, 0.2) is 0 Å². The molecule has 0 bridgehead atoms. The predicted molar refractivity (Wildman–Crippen MR) is 178 cm³/mol. The Kier molecular flexibility index (Phi) is 22.2. The van der Waals surface area contributed by atoms with Gasteiger partial charge in [0.1, 0.15) is 0 Å². The zero-order valence-corrected chi connectivity index (χ0v) is 28.6. The molecule has 0 unspecified atom stereocenters. The number of carboxylic acid groups (broad SMARTS) is 6. The first-order valence-corrected chi connectivity index (χ1v) is 18.1. The Morgan fingerprint density at radius 3 is 0.479 bits per heavy atom. The van der Waals surface area contributed by atoms with Crippen molar-refractivity contribution in [3.05, 3.63) is 0 Å². The molecule has 0 spiro atoms. The number of hydrogen-bond donors (Lipinski definition) is 6. The Morgan fingerprint density at radius 1 is 0.250 bits per heavy atom. The maximum Gasteiger partial charge on any atom is 0.303 e. The van der Waals surface area contributed by atoms with Crippen LogP contribution in [0.5, 0.6) is 0 Å². The summed E-state index contributed by atoms with van der Waals surface area (Å²) in [5.74, 6) is -4.08. The summed E-state index contributed by atoms with van der Waals surface area (Å²) in [5.41, 5.74) is 0. The van der Waals surface area contributed by atoms with Crippen molar-refractivity contribution < 1.29 is 59.4 Å². The van der Waals surface area contributed by atoms with Gasteiger partial charge in [-0.3, -0.25) is 28.8 Å². The third-order valence-corrected chi connectivity index (χ3v) is 10.4. The van der Waals surface area contributed by atoms with Crippen molar-refractivity contribution in [2.24, 2.45) is 35.5 Å². The van der Waals surface area contributed by atoms with Gasteiger partial charge in [-0.25, -0.2) is 0 Å². The van der Waals surface area contributed by atoms with Crippen molar-refractivity contribution in [2.75, 3.05) is 0 Å². The Labute approximate surface area is 284 Å². The summed E-state index contributed by atoms with van der Waals surface area (Å²) in [4.78, 5) is 68.0. The molecule has 1 saturated carbocycles. The molecular weight excluding hydrogens is 624 g/mol. The number of carboxylic acids is 6. The van der Waals surface area contributed by atoms with Gasteiger partial charge in [0.15, 0.2) is 0 Å². The Hall–Kier alpha value is -3.18. The molecule has 0 saturated heterocycles. The third-order valence-electron chi connectivity index (χ3n) is 10.4. The average molecular weight is 685 g/mol. The lowest BCUT2D eigenvalue weighted by Crippen LogP contribution is -2.47. The van der Waals surface area contributed by atoms with Crippen molar-refractivity contribution in [3.8, 4) is 0 Å². The minimum absolute atomic E-state index is 0.0582. The summed E-state index contributed by atoms with van der Waals surface area (Å²) >= 11 is 0. The molecule has 12 nitrogen and oxygen atoms in total. The maximum atomic E-state index is 11.3. The number of hydrogen-bond acceptors (Lipinski definition) is 6. The number of unbranched alkanes of at least 4 members (excludes halogenated alkanes) is 6. The van der Waals surface area contributed by atoms with Gasteiger partial charge >= 0.3 is 35.8 Å². The topological polar surface area (TPSA) is 224 Å². The highest BCUT2D eigenvalue weighted by molar-refractivity contribution is 5.68. The van der Waals surface area contributed by atoms with Gasteiger partial charge < -0.3 is 30.6 Å². The minimum Gasteiger partial charge on any atom is -0.481 e. The van der Waals surface area contributed by atoms with Crippen LogP contribution in [0.4, 0.5) is 0 Å². The third kappa shape index (κ3) is 19.0. The van der Waals surface area contributed by atoms with E-state index in [2.05, 4.69) is 0 Å². The number of rotatable bonds is 30. The van der Waals surface area contributed by atoms with Crippen molar-refractivity contribution in [2.45, 2.75) is 154 Å². The quantitative estimate of drug-likeness (QED) is 0.0403. The van der Waals surface area contributed by atoms with E-state index in [1.54, 1.807) is 0 Å². The molecule has 0 amide bonds. The Morgan fingerprint density at radius 2 is 0.375 bits per heavy atom. The smallest absolute Gasteiger partial charge is 0.303 e. The van der Waals surface area contributed by atoms with Gasteiger partial charge in [-0.15, -0.1) is 0 Å². The van der Waals surface area contributed by atoms with Crippen LogP contribution < -0.4 is 0 Å². The molecule has 0 aromatic carbocycles. The van der Waals surface area contributed by atoms with Crippen molar-refractivity contribution >= 4 is 35.8 Å². The minimum atomic E-state index is -0.858. The molecule has 1 rings (SSSR count). The van der Waals surface area contributed by atoms with Crippen LogP contribution in [0.2, 0.25) is 0 Å². The van der Waals surface area contributed by atoms with E-state index in [4.69, 9.17) is 0 Å². The molecule has 0 aromatic rings. The largest absolute Gasteiger partial charge is 0.481 e. The van der Waals surface area contributed by atoms with Gasteiger partial charge in [0.2, 0.25) is 0 Å². The molecule has 0 atom stereocenters. The second-order valence-corrected chi connectivity index (χ2v) is 13.8. The van der Waals surface area contributed by atoms with E-state index in [-0.39, 0.29) is 74.0 Å². The molecule has 1 fully saturated rings. The maximum absolute atomic E-state index is 11.3. The van der Waals surface area contributed by atoms with E-state index in [9.17, 15) is 59.4 Å². The first kappa shape index (κ1) is 42.8. The summed E-state index contributed by atoms with van der Waals surface area (Å²) in [5, 5.41) is 55.7. The van der Waals surface area contributed by atoms with Crippen LogP contribution >= 0.6 is 0 Å². The zero-order chi connectivity index (χ0) is 35.9. The summed E-state index contributed by atoms with van der Waals surface area (Å²) in [6.45, 7) is 0. The molecule has 1 aliphatic carbocycles. The van der Waals surface area contributed by atoms with Crippen LogP contribution in [0.25, 0.3) is 0 Å². The lowest BCUT2D eigenvalue weighted by Gasteiger charge is -2.54. The first-order chi connectivity index (χ1) is 22.8. The lowest BCUT2D eigenvalue weighted by atomic mass is 9.51. The van der Waals surface area contributed by atoms with E-state index in [1.807, 2.05) is 0 Å². The summed E-state index contributed by atoms with van der Waals surface area (Å²) in [7, 11) is 0. The van der Waals surface area contributed by atoms with Crippen LogP contribution in [0.3, 0.4) is 0 Å². The average Bonchev–Trinajstić information content (AvgIpc) is 2.99. The van der Waals surface area contributed by atoms with E-state index < -0.39 is 35.8 Å². The van der Waals surface area contributed by atoms with Crippen molar-refractivity contribution in [3.63, 3.8) is 0 Å². The predicted octanol–water partition coefficient (Wildman–Crippen LogP) is 7.57. The first-order valence-electron chi connectivity index (χ1n) is 18.1. The standard InChI is InChI=1S/C36H60O12/c37-31(38)19-7-1-13-25-26(14-2-8-20-32(39)40)28(16-4-10-22-34(43)44)30(18-6-12-24-36(47)48)29(17-5-11-23-35(45)46)27(25)15-3-9-21-33(41)42/h25-30H,1-24H2,(H,37,38)(H,39,40)(H,41,42)(H,43,44)(H,45,46)(H,47,48).